The number of hydrogen-bond acceptors (Lipinski definition) is 5. The van der Waals surface area contributed by atoms with E-state index < -0.39 is 0 Å². The van der Waals surface area contributed by atoms with Crippen molar-refractivity contribution in [1.82, 2.24) is 15.5 Å². The molecular formula is C14H17N3O2. The molecule has 0 saturated heterocycles. The molecule has 2 aromatic rings. The van der Waals surface area contributed by atoms with Gasteiger partial charge in [-0.25, -0.2) is 0 Å². The van der Waals surface area contributed by atoms with Crippen LogP contribution in [0.15, 0.2) is 28.7 Å². The van der Waals surface area contributed by atoms with Gasteiger partial charge in [0, 0.05) is 24.6 Å². The molecule has 0 atom stereocenters. The molecule has 100 valence electrons. The van der Waals surface area contributed by atoms with Crippen molar-refractivity contribution in [1.29, 1.82) is 0 Å². The Bertz CT molecular complexity index is 532. The summed E-state index contributed by atoms with van der Waals surface area (Å²) in [6, 6.07) is 8.31. The third-order valence-corrected chi connectivity index (χ3v) is 3.15. The van der Waals surface area contributed by atoms with E-state index in [1.165, 1.54) is 12.8 Å². The number of aromatic nitrogens is 2. The van der Waals surface area contributed by atoms with Gasteiger partial charge in [-0.2, -0.15) is 0 Å². The maximum Gasteiger partial charge on any atom is 0.247 e. The first-order valence-electron chi connectivity index (χ1n) is 6.55. The van der Waals surface area contributed by atoms with Gasteiger partial charge >= 0.3 is 0 Å². The van der Waals surface area contributed by atoms with Gasteiger partial charge in [0.15, 0.2) is 0 Å². The second kappa shape index (κ2) is 5.40. The Kier molecular flexibility index (Phi) is 3.46. The lowest BCUT2D eigenvalue weighted by molar-refractivity contribution is 0.415. The summed E-state index contributed by atoms with van der Waals surface area (Å²) in [4.78, 5) is 0. The zero-order chi connectivity index (χ0) is 13.1. The van der Waals surface area contributed by atoms with Crippen molar-refractivity contribution in [2.45, 2.75) is 25.3 Å². The molecule has 0 amide bonds. The average molecular weight is 259 g/mol. The van der Waals surface area contributed by atoms with Crippen molar-refractivity contribution in [3.63, 3.8) is 0 Å². The van der Waals surface area contributed by atoms with Gasteiger partial charge in [-0.1, -0.05) is 0 Å². The number of nitrogens with zero attached hydrogens (tertiary/aromatic N) is 2. The van der Waals surface area contributed by atoms with Crippen molar-refractivity contribution < 1.29 is 9.15 Å². The molecule has 1 aliphatic carbocycles. The number of methoxy groups -OCH3 is 1. The van der Waals surface area contributed by atoms with E-state index in [0.29, 0.717) is 17.8 Å². The van der Waals surface area contributed by atoms with E-state index in [-0.39, 0.29) is 0 Å². The van der Waals surface area contributed by atoms with Gasteiger partial charge in [-0.3, -0.25) is 0 Å². The molecule has 19 heavy (non-hydrogen) atoms. The van der Waals surface area contributed by atoms with Gasteiger partial charge in [0.1, 0.15) is 5.75 Å². The lowest BCUT2D eigenvalue weighted by Gasteiger charge is -1.99. The van der Waals surface area contributed by atoms with Crippen molar-refractivity contribution in [2.24, 2.45) is 0 Å². The van der Waals surface area contributed by atoms with E-state index in [1.54, 1.807) is 7.11 Å². The first-order chi connectivity index (χ1) is 9.35. The predicted molar refractivity (Wildman–Crippen MR) is 71.0 cm³/mol. The molecule has 5 heteroatoms. The molecule has 1 heterocycles. The summed E-state index contributed by atoms with van der Waals surface area (Å²) in [5, 5.41) is 11.6. The summed E-state index contributed by atoms with van der Waals surface area (Å²) in [6.07, 6.45) is 3.36. The fourth-order valence-corrected chi connectivity index (χ4v) is 1.88. The van der Waals surface area contributed by atoms with Crippen LogP contribution in [0.3, 0.4) is 0 Å². The van der Waals surface area contributed by atoms with Gasteiger partial charge in [-0.05, 0) is 37.1 Å². The molecule has 0 unspecified atom stereocenters. The van der Waals surface area contributed by atoms with Crippen molar-refractivity contribution in [3.8, 4) is 17.2 Å². The Balaban J connectivity index is 1.61. The highest BCUT2D eigenvalue weighted by Gasteiger charge is 2.20. The Labute approximate surface area is 112 Å². The first kappa shape index (κ1) is 12.2. The first-order valence-corrected chi connectivity index (χ1v) is 6.55. The van der Waals surface area contributed by atoms with Crippen molar-refractivity contribution in [3.05, 3.63) is 30.2 Å². The van der Waals surface area contributed by atoms with Crippen LogP contribution in [0.5, 0.6) is 5.75 Å². The highest BCUT2D eigenvalue weighted by molar-refractivity contribution is 5.53. The van der Waals surface area contributed by atoms with Gasteiger partial charge in [0.2, 0.25) is 11.8 Å². The highest BCUT2D eigenvalue weighted by Crippen LogP contribution is 2.21. The van der Waals surface area contributed by atoms with Gasteiger partial charge in [-0.15, -0.1) is 10.2 Å². The predicted octanol–water partition coefficient (Wildman–Crippen LogP) is 2.04. The van der Waals surface area contributed by atoms with E-state index in [4.69, 9.17) is 9.15 Å². The number of ether oxygens (including phenoxy) is 1. The van der Waals surface area contributed by atoms with Crippen LogP contribution in [-0.2, 0) is 6.42 Å². The van der Waals surface area contributed by atoms with E-state index >= 15 is 0 Å². The Morgan fingerprint density at radius 2 is 2.05 bits per heavy atom. The van der Waals surface area contributed by atoms with Crippen LogP contribution in [0.4, 0.5) is 0 Å². The monoisotopic (exact) mass is 259 g/mol. The molecule has 1 saturated carbocycles. The van der Waals surface area contributed by atoms with Gasteiger partial charge < -0.3 is 14.5 Å². The molecule has 1 aromatic heterocycles. The Morgan fingerprint density at radius 3 is 2.74 bits per heavy atom. The van der Waals surface area contributed by atoms with Crippen LogP contribution in [0.2, 0.25) is 0 Å². The van der Waals surface area contributed by atoms with Crippen LogP contribution in [-0.4, -0.2) is 29.9 Å². The molecule has 0 spiro atoms. The summed E-state index contributed by atoms with van der Waals surface area (Å²) in [7, 11) is 1.65. The summed E-state index contributed by atoms with van der Waals surface area (Å²) >= 11 is 0. The average Bonchev–Trinajstić information content (AvgIpc) is 3.15. The maximum absolute atomic E-state index is 5.64. The highest BCUT2D eigenvalue weighted by atomic mass is 16.5. The fraction of sp³-hybridized carbons (Fsp3) is 0.429. The minimum Gasteiger partial charge on any atom is -0.497 e. The number of rotatable bonds is 6. The molecule has 1 aromatic carbocycles. The quantitative estimate of drug-likeness (QED) is 0.860. The Morgan fingerprint density at radius 1 is 1.26 bits per heavy atom. The topological polar surface area (TPSA) is 60.2 Å². The zero-order valence-electron chi connectivity index (χ0n) is 10.9. The van der Waals surface area contributed by atoms with Crippen LogP contribution in [0.1, 0.15) is 18.7 Å². The zero-order valence-corrected chi connectivity index (χ0v) is 10.9. The molecule has 1 fully saturated rings. The number of benzene rings is 1. The van der Waals surface area contributed by atoms with E-state index in [9.17, 15) is 0 Å². The molecule has 3 rings (SSSR count). The minimum absolute atomic E-state index is 0.559. The van der Waals surface area contributed by atoms with Crippen LogP contribution in [0, 0.1) is 0 Å². The Hall–Kier alpha value is -1.88. The van der Waals surface area contributed by atoms with E-state index in [1.807, 2.05) is 24.3 Å². The third-order valence-electron chi connectivity index (χ3n) is 3.15. The largest absolute Gasteiger partial charge is 0.497 e. The van der Waals surface area contributed by atoms with Crippen LogP contribution in [0.25, 0.3) is 11.5 Å². The van der Waals surface area contributed by atoms with Crippen LogP contribution >= 0.6 is 0 Å². The number of nitrogens with one attached hydrogen (secondary N) is 1. The lowest BCUT2D eigenvalue weighted by Crippen LogP contribution is -2.19. The SMILES string of the molecule is COc1ccc(-c2nnc(CCNC3CC3)o2)cc1. The van der Waals surface area contributed by atoms with Crippen LogP contribution < -0.4 is 10.1 Å². The van der Waals surface area contributed by atoms with E-state index in [2.05, 4.69) is 15.5 Å². The van der Waals surface area contributed by atoms with Crippen molar-refractivity contribution in [2.75, 3.05) is 13.7 Å². The summed E-state index contributed by atoms with van der Waals surface area (Å²) in [6.45, 7) is 0.898. The second-order valence-corrected chi connectivity index (χ2v) is 4.71. The normalized spacial score (nSPS) is 14.6. The minimum atomic E-state index is 0.559. The summed E-state index contributed by atoms with van der Waals surface area (Å²) in [5.74, 6) is 2.06. The standard InChI is InChI=1S/C14H17N3O2/c1-18-12-6-2-10(3-7-12)14-17-16-13(19-14)8-9-15-11-4-5-11/h2-3,6-7,11,15H,4-5,8-9H2,1H3. The smallest absolute Gasteiger partial charge is 0.247 e. The van der Waals surface area contributed by atoms with E-state index in [0.717, 1.165) is 24.3 Å². The molecule has 0 aliphatic heterocycles. The molecular weight excluding hydrogens is 242 g/mol. The molecule has 0 radical (unpaired) electrons. The van der Waals surface area contributed by atoms with Gasteiger partial charge in [0.05, 0.1) is 7.11 Å². The second-order valence-electron chi connectivity index (χ2n) is 4.71. The molecule has 1 aliphatic rings. The third kappa shape index (κ3) is 3.12. The molecule has 1 N–H and O–H groups in total. The van der Waals surface area contributed by atoms with Gasteiger partial charge in [0.25, 0.3) is 0 Å². The molecule has 5 nitrogen and oxygen atoms in total. The summed E-state index contributed by atoms with van der Waals surface area (Å²) < 4.78 is 10.8. The lowest BCUT2D eigenvalue weighted by atomic mass is 10.2. The summed E-state index contributed by atoms with van der Waals surface area (Å²) in [5.41, 5.74) is 0.912. The molecule has 0 bridgehead atoms. The number of hydrogen-bond donors (Lipinski definition) is 1. The maximum atomic E-state index is 5.64. The fourth-order valence-electron chi connectivity index (χ4n) is 1.88. The van der Waals surface area contributed by atoms with Crippen molar-refractivity contribution >= 4 is 0 Å².